The van der Waals surface area contributed by atoms with Crippen LogP contribution in [0.3, 0.4) is 0 Å². The molecule has 27 heteroatoms. The smallest absolute Gasteiger partial charge is 0.362 e. The van der Waals surface area contributed by atoms with Gasteiger partial charge in [0.05, 0.1) is 43.1 Å². The number of aliphatic imine (C=N–C) groups is 2. The van der Waals surface area contributed by atoms with Crippen LogP contribution in [-0.2, 0) is 122 Å². The number of aliphatic carboxylic acids is 1. The van der Waals surface area contributed by atoms with Crippen molar-refractivity contribution in [3.05, 3.63) is 51.0 Å². The molecule has 0 spiro atoms. The summed E-state index contributed by atoms with van der Waals surface area (Å²) in [6.07, 6.45) is 0.397. The molecule has 417 valence electrons. The molecule has 1 aromatic carbocycles. The van der Waals surface area contributed by atoms with E-state index in [0.29, 0.717) is 24.2 Å². The van der Waals surface area contributed by atoms with Gasteiger partial charge >= 0.3 is 17.9 Å². The fourth-order valence-electron chi connectivity index (χ4n) is 8.52. The molecule has 0 aliphatic carbocycles. The Bertz CT molecular complexity index is 2540. The van der Waals surface area contributed by atoms with Crippen molar-refractivity contribution in [3.8, 4) is 5.75 Å². The van der Waals surface area contributed by atoms with Crippen molar-refractivity contribution in [1.82, 2.24) is 15.5 Å². The summed E-state index contributed by atoms with van der Waals surface area (Å²) in [6, 6.07) is 2.34. The van der Waals surface area contributed by atoms with Crippen molar-refractivity contribution in [2.24, 2.45) is 39.6 Å². The van der Waals surface area contributed by atoms with Gasteiger partial charge in [-0.05, 0) is 74.1 Å². The first-order chi connectivity index (χ1) is 36.1. The molecule has 7 atom stereocenters. The van der Waals surface area contributed by atoms with Gasteiger partial charge in [-0.1, -0.05) is 47.6 Å². The minimum absolute atomic E-state index is 0. The average Bonchev–Trinajstić information content (AvgIpc) is 4.13. The summed E-state index contributed by atoms with van der Waals surface area (Å²) in [5.74, 6) is -13.3. The van der Waals surface area contributed by atoms with Crippen molar-refractivity contribution in [1.29, 1.82) is 0 Å². The molecule has 6 N–H and O–H groups in total. The summed E-state index contributed by atoms with van der Waals surface area (Å²) in [6.45, 7) is 2.16. The number of rotatable bonds is 21. The third kappa shape index (κ3) is 19.0. The molecule has 3 amide bonds. The molecule has 1 radical (unpaired) electrons. The number of hydrogen-bond acceptors (Lipinski definition) is 22. The maximum atomic E-state index is 14.8. The summed E-state index contributed by atoms with van der Waals surface area (Å²) in [4.78, 5) is 145. The van der Waals surface area contributed by atoms with Gasteiger partial charge in [-0.15, -0.1) is 0 Å². The first-order valence-corrected chi connectivity index (χ1v) is 29.2. The number of carbonyl (C=O) groups excluding carboxylic acids is 9. The Labute approximate surface area is 493 Å². The quantitative estimate of drug-likeness (QED) is 0.0446. The van der Waals surface area contributed by atoms with Gasteiger partial charge in [0.25, 0.3) is 5.90 Å². The number of esters is 2. The molecule has 77 heavy (non-hydrogen) atoms. The number of aliphatic hydroxyl groups is 2. The van der Waals surface area contributed by atoms with E-state index in [9.17, 15) is 68.4 Å². The van der Waals surface area contributed by atoms with Crippen LogP contribution in [0.25, 0.3) is 0 Å². The number of Topliss-reactive ketones (excluding diaryl/α,β-unsaturated/α-hetero) is 4. The number of nitrogens with one attached hydrogen (secondary N) is 2. The maximum absolute atomic E-state index is 14.8. The van der Waals surface area contributed by atoms with E-state index >= 15 is 0 Å². The van der Waals surface area contributed by atoms with Crippen LogP contribution in [0, 0.1) is 29.6 Å². The summed E-state index contributed by atoms with van der Waals surface area (Å²) in [7, 11) is 1.98. The summed E-state index contributed by atoms with van der Waals surface area (Å²) in [5.41, 5.74) is -0.0539. The van der Waals surface area contributed by atoms with Crippen molar-refractivity contribution in [2.75, 3.05) is 43.3 Å². The number of carbonyl (C=O) groups is 10. The number of hydrogen-bond donors (Lipinski definition) is 6. The molecule has 0 aromatic heterocycles. The first-order valence-electron chi connectivity index (χ1n) is 24.5. The molecular weight excluding hydrogens is 1180 g/mol. The Kier molecular flexibility index (Phi) is 26.8. The van der Waals surface area contributed by atoms with Crippen LogP contribution in [0.1, 0.15) is 83.6 Å². The van der Waals surface area contributed by atoms with Crippen molar-refractivity contribution >= 4 is 129 Å². The van der Waals surface area contributed by atoms with Gasteiger partial charge in [0.2, 0.25) is 29.4 Å². The number of allylic oxidation sites excluding steroid dienone is 2. The SMILES string of the molecule is CSCCC(CC(=O)C1CSSCC(NC(=O)C(CO)CC(=O)CCC([S-])=C2N=C(C(=O)CC(C)C)OC2=O)C(=O)CC(Cc2ccc(O)cc2)C(=O)N2CCCC2C2=NC(=C([S-])CC(CO)C(=O)N1)C(=O)O2)C(=O)O.[Y]. The molecule has 1 aromatic rings. The second kappa shape index (κ2) is 31.6. The molecule has 5 rings (SSSR count). The van der Waals surface area contributed by atoms with E-state index in [1.807, 2.05) is 0 Å². The first kappa shape index (κ1) is 65.4. The van der Waals surface area contributed by atoms with E-state index in [4.69, 9.17) is 34.7 Å². The van der Waals surface area contributed by atoms with Crippen LogP contribution < -0.4 is 10.6 Å². The molecule has 0 saturated carbocycles. The van der Waals surface area contributed by atoms with Gasteiger partial charge in [0.1, 0.15) is 29.0 Å². The number of carboxylic acids is 1. The van der Waals surface area contributed by atoms with E-state index < -0.39 is 139 Å². The minimum atomic E-state index is -1.41. The Morgan fingerprint density at radius 3 is 2.27 bits per heavy atom. The summed E-state index contributed by atoms with van der Waals surface area (Å²) in [5, 5.41) is 46.1. The van der Waals surface area contributed by atoms with Gasteiger partial charge in [-0.2, -0.15) is 21.6 Å². The molecule has 7 unspecified atom stereocenters. The van der Waals surface area contributed by atoms with Crippen LogP contribution in [0.15, 0.2) is 55.5 Å². The van der Waals surface area contributed by atoms with Gasteiger partial charge in [-0.25, -0.2) is 19.6 Å². The number of aliphatic hydroxyl groups excluding tert-OH is 2. The van der Waals surface area contributed by atoms with Crippen LogP contribution >= 0.6 is 33.3 Å². The zero-order chi connectivity index (χ0) is 55.8. The number of amides is 3. The number of thioether (sulfide) groups is 1. The zero-order valence-electron chi connectivity index (χ0n) is 42.6. The maximum Gasteiger partial charge on any atom is 0.362 e. The number of ether oxygens (including phenoxy) is 2. The Balaban J connectivity index is 0.0000128. The number of carboxylic acid groups (broad SMARTS) is 1. The summed E-state index contributed by atoms with van der Waals surface area (Å²) >= 11 is 12.3. The van der Waals surface area contributed by atoms with E-state index in [2.05, 4.69) is 20.6 Å². The molecule has 4 aliphatic heterocycles. The topological polar surface area (TPSA) is 322 Å². The number of phenols is 1. The van der Waals surface area contributed by atoms with Crippen molar-refractivity contribution < 1.29 is 111 Å². The van der Waals surface area contributed by atoms with Crippen molar-refractivity contribution in [3.63, 3.8) is 0 Å². The van der Waals surface area contributed by atoms with Crippen LogP contribution in [-0.4, -0.2) is 157 Å². The van der Waals surface area contributed by atoms with Crippen LogP contribution in [0.4, 0.5) is 0 Å². The molecule has 21 nitrogen and oxygen atoms in total. The number of ketones is 4. The second-order valence-corrected chi connectivity index (χ2v) is 23.5. The fourth-order valence-corrected chi connectivity index (χ4v) is 12.0. The monoisotopic (exact) mass is 1240 g/mol. The predicted octanol–water partition coefficient (Wildman–Crippen LogP) is 2.67. The molecule has 4 heterocycles. The molecule has 4 aliphatic rings. The van der Waals surface area contributed by atoms with Gasteiger partial charge in [0, 0.05) is 88.8 Å². The van der Waals surface area contributed by atoms with Gasteiger partial charge in [0.15, 0.2) is 11.6 Å². The zero-order valence-corrected chi connectivity index (χ0v) is 49.5. The van der Waals surface area contributed by atoms with E-state index in [-0.39, 0.29) is 128 Å². The van der Waals surface area contributed by atoms with E-state index in [1.165, 1.54) is 28.8 Å². The molecule has 1 fully saturated rings. The number of nitrogens with zero attached hydrogens (tertiary/aromatic N) is 3. The average molecular weight is 1240 g/mol. The second-order valence-electron chi connectivity index (χ2n) is 19.0. The number of fused-ring (bicyclic) bond motifs is 3. The largest absolute Gasteiger partial charge is 0.782 e. The van der Waals surface area contributed by atoms with Crippen LogP contribution in [0.5, 0.6) is 5.75 Å². The third-order valence-electron chi connectivity index (χ3n) is 12.8. The number of cyclic esters (lactones) is 1. The standard InChI is InChI=1S/C50H63N5O16S5.Y/c1-25(2)15-38(62)46-54-41(49(68)71-46)39(72)11-10-32(59)17-29(21-56)43(63)51-34-24-76-75-23-33(36(60)18-27(48(66)67)12-14-74-3)52-44(64)30(22-57)20-40(73)42-50(69)70-45(53-42)35-5-4-13-55(35)47(65)28(19-37(34)61)16-26-6-8-31(58)9-7-26;/h6-9,25,27-30,33-35,56-58,72-73H,4-5,10-24H2,1-3H3,(H,51,63)(H,52,64)(H,66,67);/p-2. The fraction of sp³-hybridized carbons (Fsp3) is 0.560. The Hall–Kier alpha value is -4.15. The number of phenolic OH excluding ortho intramolecular Hbond substituents is 1. The van der Waals surface area contributed by atoms with Crippen LogP contribution in [0.2, 0.25) is 0 Å². The third-order valence-corrected chi connectivity index (χ3v) is 16.6. The van der Waals surface area contributed by atoms with Gasteiger partial charge in [-0.3, -0.25) is 38.4 Å². The van der Waals surface area contributed by atoms with E-state index in [0.717, 1.165) is 21.6 Å². The number of benzene rings is 1. The van der Waals surface area contributed by atoms with Crippen molar-refractivity contribution in [2.45, 2.75) is 103 Å². The minimum Gasteiger partial charge on any atom is -0.782 e. The van der Waals surface area contributed by atoms with Gasteiger partial charge < -0.3 is 70.7 Å². The normalized spacial score (nSPS) is 23.1. The molecule has 2 bridgehead atoms. The summed E-state index contributed by atoms with van der Waals surface area (Å²) < 4.78 is 10.6. The van der Waals surface area contributed by atoms with E-state index in [1.54, 1.807) is 32.2 Å². The molecule has 1 saturated heterocycles. The Morgan fingerprint density at radius 2 is 1.62 bits per heavy atom. The Morgan fingerprint density at radius 1 is 0.922 bits per heavy atom. The number of aromatic hydroxyl groups is 1. The predicted molar refractivity (Wildman–Crippen MR) is 287 cm³/mol. The molecular formula is C50H61N5O16S5Y-2.